The van der Waals surface area contributed by atoms with Crippen LogP contribution in [-0.4, -0.2) is 10.1 Å². The molecule has 0 aromatic carbocycles. The summed E-state index contributed by atoms with van der Waals surface area (Å²) in [4.78, 5) is 4.38. The van der Waals surface area contributed by atoms with Crippen molar-refractivity contribution in [3.8, 4) is 0 Å². The third-order valence-electron chi connectivity index (χ3n) is 1.33. The van der Waals surface area contributed by atoms with Crippen molar-refractivity contribution >= 4 is 15.9 Å². The molecule has 1 heterocycles. The van der Waals surface area contributed by atoms with Gasteiger partial charge in [-0.25, -0.2) is 4.98 Å². The van der Waals surface area contributed by atoms with Crippen LogP contribution in [0, 0.1) is 6.92 Å². The van der Waals surface area contributed by atoms with E-state index < -0.39 is 5.60 Å². The first-order chi connectivity index (χ1) is 4.91. The average Bonchev–Trinajstić information content (AvgIpc) is 2.08. The summed E-state index contributed by atoms with van der Waals surface area (Å²) in [5.41, 5.74) is -0.243. The van der Waals surface area contributed by atoms with Crippen molar-refractivity contribution in [2.45, 2.75) is 26.4 Å². The fourth-order valence-corrected chi connectivity index (χ4v) is 1.36. The molecule has 0 aliphatic carbocycles. The molecule has 62 valence electrons. The molecule has 0 atom stereocenters. The van der Waals surface area contributed by atoms with Crippen LogP contribution in [0.5, 0.6) is 0 Å². The summed E-state index contributed by atoms with van der Waals surface area (Å²) in [6, 6.07) is 0. The molecule has 3 nitrogen and oxygen atoms in total. The number of oxazole rings is 1. The third-order valence-corrected chi connectivity index (χ3v) is 1.67. The highest BCUT2D eigenvalue weighted by Gasteiger charge is 2.24. The van der Waals surface area contributed by atoms with Crippen molar-refractivity contribution in [3.63, 3.8) is 0 Å². The van der Waals surface area contributed by atoms with Gasteiger partial charge in [0, 0.05) is 15.9 Å². The van der Waals surface area contributed by atoms with Crippen molar-refractivity contribution in [1.29, 1.82) is 0 Å². The SMILES string of the molecule is Cc1nc(Br)oc1C(C)(C)O. The van der Waals surface area contributed by atoms with Crippen molar-refractivity contribution in [1.82, 2.24) is 4.98 Å². The second kappa shape index (κ2) is 2.60. The van der Waals surface area contributed by atoms with Gasteiger partial charge >= 0.3 is 0 Å². The lowest BCUT2D eigenvalue weighted by molar-refractivity contribution is 0.0524. The minimum Gasteiger partial charge on any atom is -0.433 e. The monoisotopic (exact) mass is 219 g/mol. The number of aliphatic hydroxyl groups is 1. The Morgan fingerprint density at radius 2 is 2.09 bits per heavy atom. The molecule has 0 saturated carbocycles. The lowest BCUT2D eigenvalue weighted by Gasteiger charge is -2.13. The topological polar surface area (TPSA) is 46.3 Å². The quantitative estimate of drug-likeness (QED) is 0.786. The van der Waals surface area contributed by atoms with Crippen LogP contribution in [0.15, 0.2) is 9.22 Å². The summed E-state index contributed by atoms with van der Waals surface area (Å²) in [5.74, 6) is 0.504. The predicted octanol–water partition coefficient (Wildman–Crippen LogP) is 1.97. The van der Waals surface area contributed by atoms with Crippen LogP contribution in [0.1, 0.15) is 25.3 Å². The highest BCUT2D eigenvalue weighted by Crippen LogP contribution is 2.25. The summed E-state index contributed by atoms with van der Waals surface area (Å²) < 4.78 is 5.13. The molecule has 0 radical (unpaired) electrons. The molecule has 1 aromatic rings. The largest absolute Gasteiger partial charge is 0.433 e. The van der Waals surface area contributed by atoms with Crippen molar-refractivity contribution in [2.24, 2.45) is 0 Å². The number of aryl methyl sites for hydroxylation is 1. The van der Waals surface area contributed by atoms with Gasteiger partial charge < -0.3 is 9.52 Å². The fraction of sp³-hybridized carbons (Fsp3) is 0.571. The summed E-state index contributed by atoms with van der Waals surface area (Å²) in [6.45, 7) is 5.11. The van der Waals surface area contributed by atoms with E-state index in [9.17, 15) is 5.11 Å². The zero-order chi connectivity index (χ0) is 8.65. The number of hydrogen-bond donors (Lipinski definition) is 1. The standard InChI is InChI=1S/C7H10BrNO2/c1-4-5(7(2,3)10)11-6(8)9-4/h10H,1-3H3. The Labute approximate surface area is 73.6 Å². The van der Waals surface area contributed by atoms with Crippen molar-refractivity contribution in [3.05, 3.63) is 16.3 Å². The van der Waals surface area contributed by atoms with Gasteiger partial charge in [-0.3, -0.25) is 0 Å². The molecular formula is C7H10BrNO2. The smallest absolute Gasteiger partial charge is 0.264 e. The average molecular weight is 220 g/mol. The maximum atomic E-state index is 9.53. The molecule has 1 N–H and O–H groups in total. The van der Waals surface area contributed by atoms with E-state index in [4.69, 9.17) is 4.42 Å². The van der Waals surface area contributed by atoms with E-state index in [1.807, 2.05) is 0 Å². The van der Waals surface area contributed by atoms with E-state index in [0.717, 1.165) is 0 Å². The van der Waals surface area contributed by atoms with Crippen LogP contribution in [-0.2, 0) is 5.60 Å². The zero-order valence-electron chi connectivity index (χ0n) is 6.68. The molecule has 11 heavy (non-hydrogen) atoms. The highest BCUT2D eigenvalue weighted by molar-refractivity contribution is 9.10. The summed E-state index contributed by atoms with van der Waals surface area (Å²) in [7, 11) is 0. The normalized spacial score (nSPS) is 12.1. The second-order valence-electron chi connectivity index (χ2n) is 2.94. The number of hydrogen-bond acceptors (Lipinski definition) is 3. The van der Waals surface area contributed by atoms with E-state index in [1.54, 1.807) is 20.8 Å². The minimum atomic E-state index is -0.955. The summed E-state index contributed by atoms with van der Waals surface area (Å²) in [6.07, 6.45) is 0. The molecular weight excluding hydrogens is 210 g/mol. The van der Waals surface area contributed by atoms with E-state index in [2.05, 4.69) is 20.9 Å². The molecule has 4 heteroatoms. The molecule has 1 rings (SSSR count). The summed E-state index contributed by atoms with van der Waals surface area (Å²) in [5, 5.41) is 9.53. The first kappa shape index (κ1) is 8.74. The van der Waals surface area contributed by atoms with Crippen LogP contribution in [0.3, 0.4) is 0 Å². The van der Waals surface area contributed by atoms with Gasteiger partial charge in [0.1, 0.15) is 5.60 Å². The fourth-order valence-electron chi connectivity index (χ4n) is 0.931. The number of halogens is 1. The second-order valence-corrected chi connectivity index (χ2v) is 3.62. The van der Waals surface area contributed by atoms with Crippen molar-refractivity contribution in [2.75, 3.05) is 0 Å². The predicted molar refractivity (Wildman–Crippen MR) is 44.2 cm³/mol. The van der Waals surface area contributed by atoms with Crippen LogP contribution >= 0.6 is 15.9 Å². The van der Waals surface area contributed by atoms with Crippen LogP contribution in [0.2, 0.25) is 0 Å². The van der Waals surface area contributed by atoms with E-state index >= 15 is 0 Å². The van der Waals surface area contributed by atoms with E-state index in [0.29, 0.717) is 16.3 Å². The lowest BCUT2D eigenvalue weighted by atomic mass is 10.1. The van der Waals surface area contributed by atoms with Crippen LogP contribution in [0.4, 0.5) is 0 Å². The molecule has 0 aliphatic rings. The lowest BCUT2D eigenvalue weighted by Crippen LogP contribution is -2.15. The van der Waals surface area contributed by atoms with Gasteiger partial charge in [0.2, 0.25) is 0 Å². The molecule has 1 aromatic heterocycles. The Balaban J connectivity index is 3.13. The van der Waals surface area contributed by atoms with Gasteiger partial charge in [-0.1, -0.05) is 0 Å². The first-order valence-corrected chi connectivity index (χ1v) is 4.06. The number of nitrogens with zero attached hydrogens (tertiary/aromatic N) is 1. The minimum absolute atomic E-state index is 0.409. The Bertz CT molecular complexity index is 262. The van der Waals surface area contributed by atoms with Crippen LogP contribution < -0.4 is 0 Å². The highest BCUT2D eigenvalue weighted by atomic mass is 79.9. The van der Waals surface area contributed by atoms with Gasteiger partial charge in [0.25, 0.3) is 4.80 Å². The molecule has 0 spiro atoms. The van der Waals surface area contributed by atoms with Gasteiger partial charge in [-0.2, -0.15) is 0 Å². The van der Waals surface area contributed by atoms with Crippen LogP contribution in [0.25, 0.3) is 0 Å². The number of rotatable bonds is 1. The maximum Gasteiger partial charge on any atom is 0.264 e. The van der Waals surface area contributed by atoms with E-state index in [1.165, 1.54) is 0 Å². The molecule has 0 saturated heterocycles. The first-order valence-electron chi connectivity index (χ1n) is 3.27. The third kappa shape index (κ3) is 1.81. The summed E-state index contributed by atoms with van der Waals surface area (Å²) >= 11 is 3.09. The van der Waals surface area contributed by atoms with E-state index in [-0.39, 0.29) is 0 Å². The zero-order valence-corrected chi connectivity index (χ0v) is 8.27. The molecule has 0 amide bonds. The van der Waals surface area contributed by atoms with Gasteiger partial charge in [-0.15, -0.1) is 0 Å². The Kier molecular flexibility index (Phi) is 2.07. The maximum absolute atomic E-state index is 9.53. The van der Waals surface area contributed by atoms with Gasteiger partial charge in [-0.05, 0) is 20.8 Å². The Morgan fingerprint density at radius 3 is 2.27 bits per heavy atom. The van der Waals surface area contributed by atoms with Gasteiger partial charge in [0.15, 0.2) is 5.76 Å². The molecule has 0 bridgehead atoms. The molecule has 0 unspecified atom stereocenters. The molecule has 0 aliphatic heterocycles. The van der Waals surface area contributed by atoms with Crippen molar-refractivity contribution < 1.29 is 9.52 Å². The molecule has 0 fully saturated rings. The Hall–Kier alpha value is -0.350. The van der Waals surface area contributed by atoms with Gasteiger partial charge in [0.05, 0.1) is 5.69 Å². The number of aromatic nitrogens is 1. The Morgan fingerprint density at radius 1 is 1.55 bits per heavy atom.